The summed E-state index contributed by atoms with van der Waals surface area (Å²) in [5, 5.41) is 16.1. The normalized spacial score (nSPS) is 11.4. The molecule has 0 spiro atoms. The van der Waals surface area contributed by atoms with Crippen LogP contribution in [0.3, 0.4) is 0 Å². The molecule has 0 radical (unpaired) electrons. The number of rotatable bonds is 25. The third-order valence-electron chi connectivity index (χ3n) is 10.2. The van der Waals surface area contributed by atoms with Crippen molar-refractivity contribution in [3.8, 4) is 45.2 Å². The molecule has 3 N–H and O–H groups in total. The largest absolute Gasteiger partial charge is 0.478 e. The number of hydrogen-bond donors (Lipinski definition) is 3. The van der Waals surface area contributed by atoms with Crippen LogP contribution in [0.4, 0.5) is 0 Å². The first-order valence-corrected chi connectivity index (χ1v) is 21.3. The molecule has 1 amide bonds. The molecule has 5 aromatic rings. The number of H-pyrrole nitrogens is 1. The Morgan fingerprint density at radius 1 is 0.678 bits per heavy atom. The predicted octanol–water partition coefficient (Wildman–Crippen LogP) is 12.0. The average molecular weight is 799 g/mol. The molecule has 2 aromatic heterocycles. The number of aliphatic carboxylic acids is 1. The first-order chi connectivity index (χ1) is 28.8. The smallest absolute Gasteiger partial charge is 0.377 e. The number of aromatic amines is 1. The summed E-state index contributed by atoms with van der Waals surface area (Å²) in [5.74, 6) is -0.995. The van der Waals surface area contributed by atoms with Gasteiger partial charge in [0.05, 0.1) is 18.0 Å². The van der Waals surface area contributed by atoms with E-state index in [4.69, 9.17) is 19.4 Å². The minimum atomic E-state index is -1.01. The third-order valence-corrected chi connectivity index (χ3v) is 10.2. The zero-order chi connectivity index (χ0) is 41.7. The van der Waals surface area contributed by atoms with Crippen molar-refractivity contribution in [1.82, 2.24) is 20.4 Å². The second kappa shape index (κ2) is 24.0. The Morgan fingerprint density at radius 2 is 1.20 bits per heavy atom. The number of unbranched alkanes of at least 4 members (excludes halogenated alkanes) is 13. The number of aromatic nitrogens is 3. The summed E-state index contributed by atoms with van der Waals surface area (Å²) in [4.78, 5) is 44.2. The molecule has 0 fully saturated rings. The van der Waals surface area contributed by atoms with E-state index in [-0.39, 0.29) is 18.3 Å². The monoisotopic (exact) mass is 798 g/mol. The Morgan fingerprint density at radius 3 is 1.78 bits per heavy atom. The fraction of sp³-hybridized carbons (Fsp3) is 0.367. The number of imidazole rings is 1. The fourth-order valence-corrected chi connectivity index (χ4v) is 6.88. The SMILES string of the molecule is CCCCCCCCCCCCCCCCNC(=O)/C=C/c1ccc(-c2[nH]c(-c3ccc(-c4cc(C(=O)OCC)on4)cc3)nc2-c2ccc(/C=C/C(=O)O)cc2)cc1. The number of carboxylic acids is 1. The van der Waals surface area contributed by atoms with E-state index in [0.717, 1.165) is 63.7 Å². The summed E-state index contributed by atoms with van der Waals surface area (Å²) in [6.45, 7) is 4.91. The van der Waals surface area contributed by atoms with E-state index < -0.39 is 11.9 Å². The molecule has 0 aliphatic rings. The van der Waals surface area contributed by atoms with Gasteiger partial charge in [-0.2, -0.15) is 0 Å². The van der Waals surface area contributed by atoms with Gasteiger partial charge >= 0.3 is 11.9 Å². The van der Waals surface area contributed by atoms with Crippen molar-refractivity contribution in [3.63, 3.8) is 0 Å². The van der Waals surface area contributed by atoms with Crippen LogP contribution in [-0.2, 0) is 14.3 Å². The lowest BCUT2D eigenvalue weighted by Gasteiger charge is -2.05. The lowest BCUT2D eigenvalue weighted by molar-refractivity contribution is -0.131. The molecule has 10 heteroatoms. The van der Waals surface area contributed by atoms with Crippen molar-refractivity contribution in [3.05, 3.63) is 108 Å². The van der Waals surface area contributed by atoms with Crippen LogP contribution in [0.15, 0.2) is 95.5 Å². The zero-order valence-corrected chi connectivity index (χ0v) is 34.5. The van der Waals surface area contributed by atoms with Gasteiger partial charge in [0.15, 0.2) is 0 Å². The summed E-state index contributed by atoms with van der Waals surface area (Å²) >= 11 is 0. The van der Waals surface area contributed by atoms with Crippen molar-refractivity contribution >= 4 is 30.0 Å². The van der Waals surface area contributed by atoms with E-state index >= 15 is 0 Å². The Labute approximate surface area is 348 Å². The van der Waals surface area contributed by atoms with Crippen LogP contribution in [0, 0.1) is 0 Å². The van der Waals surface area contributed by atoms with Gasteiger partial charge in [-0.3, -0.25) is 4.79 Å². The van der Waals surface area contributed by atoms with E-state index in [1.807, 2.05) is 78.9 Å². The van der Waals surface area contributed by atoms with Crippen LogP contribution in [0.1, 0.15) is 125 Å². The maximum absolute atomic E-state index is 12.6. The van der Waals surface area contributed by atoms with E-state index in [0.29, 0.717) is 18.1 Å². The second-order valence-electron chi connectivity index (χ2n) is 14.8. The first kappa shape index (κ1) is 44.1. The molecule has 310 valence electrons. The number of carbonyl (C=O) groups is 3. The van der Waals surface area contributed by atoms with Crippen LogP contribution in [0.25, 0.3) is 57.3 Å². The van der Waals surface area contributed by atoms with Gasteiger partial charge < -0.3 is 24.7 Å². The quantitative estimate of drug-likeness (QED) is 0.0300. The van der Waals surface area contributed by atoms with Crippen molar-refractivity contribution in [1.29, 1.82) is 0 Å². The minimum absolute atomic E-state index is 0.0379. The molecule has 3 aromatic carbocycles. The molecule has 0 saturated carbocycles. The maximum atomic E-state index is 12.6. The van der Waals surface area contributed by atoms with Gasteiger partial charge in [-0.1, -0.05) is 168 Å². The van der Waals surface area contributed by atoms with Crippen molar-refractivity contribution in [2.75, 3.05) is 13.2 Å². The summed E-state index contributed by atoms with van der Waals surface area (Å²) in [6.07, 6.45) is 24.3. The van der Waals surface area contributed by atoms with Gasteiger partial charge in [-0.25, -0.2) is 14.6 Å². The van der Waals surface area contributed by atoms with Gasteiger partial charge in [0.25, 0.3) is 0 Å². The first-order valence-electron chi connectivity index (χ1n) is 21.3. The Bertz CT molecular complexity index is 2110. The highest BCUT2D eigenvalue weighted by molar-refractivity contribution is 5.92. The molecule has 59 heavy (non-hydrogen) atoms. The van der Waals surface area contributed by atoms with Crippen LogP contribution >= 0.6 is 0 Å². The minimum Gasteiger partial charge on any atom is -0.478 e. The number of amides is 1. The maximum Gasteiger partial charge on any atom is 0.377 e. The highest BCUT2D eigenvalue weighted by atomic mass is 16.6. The zero-order valence-electron chi connectivity index (χ0n) is 34.5. The summed E-state index contributed by atoms with van der Waals surface area (Å²) < 4.78 is 10.2. The van der Waals surface area contributed by atoms with Crippen LogP contribution < -0.4 is 5.32 Å². The van der Waals surface area contributed by atoms with Crippen molar-refractivity contribution < 1.29 is 28.8 Å². The molecule has 2 heterocycles. The number of ether oxygens (including phenoxy) is 1. The topological polar surface area (TPSA) is 147 Å². The van der Waals surface area contributed by atoms with Crippen LogP contribution in [0.2, 0.25) is 0 Å². The molecule has 0 unspecified atom stereocenters. The number of nitrogens with zero attached hydrogens (tertiary/aromatic N) is 2. The Kier molecular flexibility index (Phi) is 17.9. The van der Waals surface area contributed by atoms with Gasteiger partial charge in [0.1, 0.15) is 11.5 Å². The molecule has 5 rings (SSSR count). The van der Waals surface area contributed by atoms with Crippen molar-refractivity contribution in [2.45, 2.75) is 104 Å². The third kappa shape index (κ3) is 14.4. The van der Waals surface area contributed by atoms with Crippen LogP contribution in [0.5, 0.6) is 0 Å². The number of benzene rings is 3. The van der Waals surface area contributed by atoms with E-state index in [2.05, 4.69) is 22.4 Å². The molecule has 0 saturated heterocycles. The average Bonchev–Trinajstić information content (AvgIpc) is 3.93. The summed E-state index contributed by atoms with van der Waals surface area (Å²) in [7, 11) is 0. The van der Waals surface area contributed by atoms with Gasteiger partial charge in [-0.15, -0.1) is 0 Å². The number of hydrogen-bond acceptors (Lipinski definition) is 7. The number of esters is 1. The Balaban J connectivity index is 1.16. The van der Waals surface area contributed by atoms with Crippen LogP contribution in [-0.4, -0.2) is 51.2 Å². The summed E-state index contributed by atoms with van der Waals surface area (Å²) in [6, 6.07) is 24.6. The molecule has 10 nitrogen and oxygen atoms in total. The van der Waals surface area contributed by atoms with Crippen molar-refractivity contribution in [2.24, 2.45) is 0 Å². The lowest BCUT2D eigenvalue weighted by atomic mass is 10.0. The fourth-order valence-electron chi connectivity index (χ4n) is 6.88. The second-order valence-corrected chi connectivity index (χ2v) is 14.8. The molecule has 0 atom stereocenters. The van der Waals surface area contributed by atoms with E-state index in [9.17, 15) is 14.4 Å². The lowest BCUT2D eigenvalue weighted by Crippen LogP contribution is -2.21. The predicted molar refractivity (Wildman–Crippen MR) is 235 cm³/mol. The standard InChI is InChI=1S/C49H58N4O6/c1-3-5-6-7-8-9-10-11-12-13-14-15-16-17-34-50-44(54)32-22-36-18-24-39(25-19-36)46-47(40-26-20-37(21-27-40)23-33-45(55)56)52-48(51-46)41-30-28-38(29-31-41)42-35-43(59-53-42)49(57)58-4-2/h18-33,35H,3-17,34H2,1-2H3,(H,50,54)(H,51,52)(H,55,56)/b32-22+,33-23+. The Hall–Kier alpha value is -6.03. The number of carboxylic acid groups (broad SMARTS) is 1. The highest BCUT2D eigenvalue weighted by Crippen LogP contribution is 2.34. The molecule has 0 aliphatic carbocycles. The molecular formula is C49H58N4O6. The molecule has 0 aliphatic heterocycles. The highest BCUT2D eigenvalue weighted by Gasteiger charge is 2.18. The molecule has 0 bridgehead atoms. The van der Waals surface area contributed by atoms with Gasteiger partial charge in [0, 0.05) is 47.0 Å². The van der Waals surface area contributed by atoms with Gasteiger partial charge in [0.2, 0.25) is 11.7 Å². The summed E-state index contributed by atoms with van der Waals surface area (Å²) in [5.41, 5.74) is 7.02. The molecular weight excluding hydrogens is 741 g/mol. The van der Waals surface area contributed by atoms with Gasteiger partial charge in [-0.05, 0) is 36.6 Å². The van der Waals surface area contributed by atoms with E-state index in [1.165, 1.54) is 77.0 Å². The van der Waals surface area contributed by atoms with E-state index in [1.54, 1.807) is 25.1 Å². The number of nitrogens with one attached hydrogen (secondary N) is 2. The number of carbonyl (C=O) groups excluding carboxylic acids is 2.